The summed E-state index contributed by atoms with van der Waals surface area (Å²) in [5.74, 6) is 0.379. The molecular weight excluding hydrogens is 352 g/mol. The normalized spacial score (nSPS) is 11.8. The first kappa shape index (κ1) is 18.2. The number of rotatable bonds is 7. The van der Waals surface area contributed by atoms with E-state index in [2.05, 4.69) is 15.0 Å². The van der Waals surface area contributed by atoms with E-state index in [4.69, 9.17) is 9.47 Å². The van der Waals surface area contributed by atoms with Gasteiger partial charge in [-0.2, -0.15) is 4.99 Å². The van der Waals surface area contributed by atoms with Crippen LogP contribution < -0.4 is 9.54 Å². The van der Waals surface area contributed by atoms with Crippen molar-refractivity contribution in [2.75, 3.05) is 19.8 Å². The fraction of sp³-hybridized carbons (Fsp3) is 0.333. The highest BCUT2D eigenvalue weighted by Crippen LogP contribution is 2.23. The van der Waals surface area contributed by atoms with E-state index in [1.807, 2.05) is 36.6 Å². The van der Waals surface area contributed by atoms with Gasteiger partial charge < -0.3 is 14.0 Å². The average molecular weight is 372 g/mol. The van der Waals surface area contributed by atoms with Crippen LogP contribution in [0.1, 0.15) is 24.3 Å². The van der Waals surface area contributed by atoms with E-state index in [0.29, 0.717) is 31.2 Å². The van der Waals surface area contributed by atoms with Crippen molar-refractivity contribution in [1.29, 1.82) is 0 Å². The Balaban J connectivity index is 2.05. The molecule has 8 heteroatoms. The lowest BCUT2D eigenvalue weighted by Crippen LogP contribution is -2.20. The summed E-state index contributed by atoms with van der Waals surface area (Å²) in [6.45, 7) is 6.29. The molecule has 3 aromatic rings. The van der Waals surface area contributed by atoms with Gasteiger partial charge in [-0.05, 0) is 32.0 Å². The van der Waals surface area contributed by atoms with Crippen LogP contribution in [0.25, 0.3) is 10.2 Å². The molecule has 0 aliphatic heterocycles. The zero-order chi connectivity index (χ0) is 18.4. The quantitative estimate of drug-likeness (QED) is 0.596. The van der Waals surface area contributed by atoms with Crippen LogP contribution in [-0.4, -0.2) is 40.3 Å². The minimum atomic E-state index is -0.417. The molecule has 0 spiro atoms. The molecule has 0 bridgehead atoms. The Morgan fingerprint density at radius 3 is 2.88 bits per heavy atom. The smallest absolute Gasteiger partial charge is 0.299 e. The molecule has 2 heterocycles. The van der Waals surface area contributed by atoms with Gasteiger partial charge in [0, 0.05) is 25.5 Å². The molecule has 1 aromatic carbocycles. The second kappa shape index (κ2) is 8.68. The van der Waals surface area contributed by atoms with Crippen molar-refractivity contribution in [2.24, 2.45) is 4.99 Å². The van der Waals surface area contributed by atoms with Crippen molar-refractivity contribution >= 4 is 27.5 Å². The third kappa shape index (κ3) is 4.14. The molecule has 1 amide bonds. The van der Waals surface area contributed by atoms with Gasteiger partial charge in [-0.25, -0.2) is 4.98 Å². The fourth-order valence-electron chi connectivity index (χ4n) is 2.47. The van der Waals surface area contributed by atoms with Crippen molar-refractivity contribution in [1.82, 2.24) is 14.5 Å². The fourth-order valence-corrected chi connectivity index (χ4v) is 3.55. The summed E-state index contributed by atoms with van der Waals surface area (Å²) in [6, 6.07) is 5.87. The number of hydrogen-bond acceptors (Lipinski definition) is 6. The van der Waals surface area contributed by atoms with E-state index >= 15 is 0 Å². The van der Waals surface area contributed by atoms with Crippen LogP contribution in [0.2, 0.25) is 0 Å². The van der Waals surface area contributed by atoms with Gasteiger partial charge in [0.05, 0.1) is 29.6 Å². The first-order valence-electron chi connectivity index (χ1n) is 8.42. The summed E-state index contributed by atoms with van der Waals surface area (Å²) in [6.07, 6.45) is 4.41. The van der Waals surface area contributed by atoms with Crippen LogP contribution in [0, 0.1) is 0 Å². The van der Waals surface area contributed by atoms with E-state index in [1.54, 1.807) is 0 Å². The molecule has 0 N–H and O–H groups in total. The minimum Gasteiger partial charge on any atom is -0.494 e. The van der Waals surface area contributed by atoms with E-state index < -0.39 is 5.91 Å². The zero-order valence-electron chi connectivity index (χ0n) is 14.7. The second-order valence-corrected chi connectivity index (χ2v) is 6.31. The third-order valence-electron chi connectivity index (χ3n) is 3.61. The number of fused-ring (bicyclic) bond motifs is 1. The molecule has 0 aliphatic carbocycles. The molecule has 0 radical (unpaired) electrons. The summed E-state index contributed by atoms with van der Waals surface area (Å²) in [4.78, 5) is 25.2. The Morgan fingerprint density at radius 2 is 2.15 bits per heavy atom. The van der Waals surface area contributed by atoms with Gasteiger partial charge in [0.15, 0.2) is 4.80 Å². The maximum absolute atomic E-state index is 12.4. The van der Waals surface area contributed by atoms with Crippen LogP contribution in [0.3, 0.4) is 0 Å². The van der Waals surface area contributed by atoms with Gasteiger partial charge in [0.1, 0.15) is 11.4 Å². The standard InChI is InChI=1S/C18H20N4O3S/c1-3-24-10-9-22-15-6-5-13(25-4-2)11-16(15)26-18(22)21-17(23)14-12-19-7-8-20-14/h5-8,11-12H,3-4,9-10H2,1-2H3. The lowest BCUT2D eigenvalue weighted by atomic mass is 10.3. The molecule has 2 aromatic heterocycles. The van der Waals surface area contributed by atoms with Crippen molar-refractivity contribution in [2.45, 2.75) is 20.4 Å². The molecular formula is C18H20N4O3S. The van der Waals surface area contributed by atoms with Gasteiger partial charge in [0.25, 0.3) is 5.91 Å². The first-order chi connectivity index (χ1) is 12.7. The number of benzene rings is 1. The largest absolute Gasteiger partial charge is 0.494 e. The van der Waals surface area contributed by atoms with E-state index in [0.717, 1.165) is 16.0 Å². The highest BCUT2D eigenvalue weighted by atomic mass is 32.1. The van der Waals surface area contributed by atoms with Crippen LogP contribution in [0.5, 0.6) is 5.75 Å². The molecule has 7 nitrogen and oxygen atoms in total. The number of ether oxygens (including phenoxy) is 2. The maximum Gasteiger partial charge on any atom is 0.299 e. The number of carbonyl (C=O) groups excluding carboxylic acids is 1. The number of nitrogens with zero attached hydrogens (tertiary/aromatic N) is 4. The second-order valence-electron chi connectivity index (χ2n) is 5.30. The summed E-state index contributed by atoms with van der Waals surface area (Å²) in [5.41, 5.74) is 1.21. The molecule has 0 unspecified atom stereocenters. The molecule has 0 fully saturated rings. The van der Waals surface area contributed by atoms with Crippen molar-refractivity contribution < 1.29 is 14.3 Å². The minimum absolute atomic E-state index is 0.219. The number of amides is 1. The lowest BCUT2D eigenvalue weighted by molar-refractivity contribution is 0.0991. The summed E-state index contributed by atoms with van der Waals surface area (Å²) in [7, 11) is 0. The summed E-state index contributed by atoms with van der Waals surface area (Å²) in [5, 5.41) is 0. The van der Waals surface area contributed by atoms with Crippen LogP contribution in [0.15, 0.2) is 41.8 Å². The van der Waals surface area contributed by atoms with E-state index in [1.165, 1.54) is 29.9 Å². The Bertz CT molecular complexity index is 950. The van der Waals surface area contributed by atoms with Crippen molar-refractivity contribution in [3.63, 3.8) is 0 Å². The molecule has 0 saturated carbocycles. The highest BCUT2D eigenvalue weighted by molar-refractivity contribution is 7.16. The number of aromatic nitrogens is 3. The molecule has 0 aliphatic rings. The molecule has 26 heavy (non-hydrogen) atoms. The Morgan fingerprint density at radius 1 is 1.27 bits per heavy atom. The van der Waals surface area contributed by atoms with Gasteiger partial charge in [-0.15, -0.1) is 0 Å². The Kier molecular flexibility index (Phi) is 6.08. The molecule has 0 saturated heterocycles. The summed E-state index contributed by atoms with van der Waals surface area (Å²) >= 11 is 1.44. The number of carbonyl (C=O) groups is 1. The van der Waals surface area contributed by atoms with Crippen LogP contribution in [-0.2, 0) is 11.3 Å². The van der Waals surface area contributed by atoms with Crippen LogP contribution >= 0.6 is 11.3 Å². The van der Waals surface area contributed by atoms with Crippen molar-refractivity contribution in [3.8, 4) is 5.75 Å². The predicted octanol–water partition coefficient (Wildman–Crippen LogP) is 2.67. The SMILES string of the molecule is CCOCCn1c(=NC(=O)c2cnccn2)sc2cc(OCC)ccc21. The highest BCUT2D eigenvalue weighted by Gasteiger charge is 2.11. The van der Waals surface area contributed by atoms with Crippen LogP contribution in [0.4, 0.5) is 0 Å². The first-order valence-corrected chi connectivity index (χ1v) is 9.23. The lowest BCUT2D eigenvalue weighted by Gasteiger charge is -2.06. The van der Waals surface area contributed by atoms with E-state index in [9.17, 15) is 4.79 Å². The Labute approximate surface area is 155 Å². The van der Waals surface area contributed by atoms with E-state index in [-0.39, 0.29) is 5.69 Å². The Hall–Kier alpha value is -2.58. The van der Waals surface area contributed by atoms with Crippen molar-refractivity contribution in [3.05, 3.63) is 47.3 Å². The average Bonchev–Trinajstić information content (AvgIpc) is 2.99. The number of hydrogen-bond donors (Lipinski definition) is 0. The molecule has 136 valence electrons. The third-order valence-corrected chi connectivity index (χ3v) is 4.65. The predicted molar refractivity (Wildman–Crippen MR) is 99.4 cm³/mol. The van der Waals surface area contributed by atoms with Gasteiger partial charge in [-0.3, -0.25) is 9.78 Å². The molecule has 0 atom stereocenters. The number of thiazole rings is 1. The summed E-state index contributed by atoms with van der Waals surface area (Å²) < 4.78 is 14.0. The molecule has 3 rings (SSSR count). The van der Waals surface area contributed by atoms with Gasteiger partial charge in [-0.1, -0.05) is 11.3 Å². The zero-order valence-corrected chi connectivity index (χ0v) is 15.5. The van der Waals surface area contributed by atoms with Gasteiger partial charge >= 0.3 is 0 Å². The van der Waals surface area contributed by atoms with Gasteiger partial charge in [0.2, 0.25) is 0 Å². The maximum atomic E-state index is 12.4. The monoisotopic (exact) mass is 372 g/mol. The topological polar surface area (TPSA) is 78.6 Å².